The summed E-state index contributed by atoms with van der Waals surface area (Å²) < 4.78 is 0. The maximum absolute atomic E-state index is 3.71. The Hall–Kier alpha value is -0.340. The van der Waals surface area contributed by atoms with E-state index < -0.39 is 0 Å². The molecule has 16 heavy (non-hydrogen) atoms. The van der Waals surface area contributed by atoms with Crippen LogP contribution in [0, 0.1) is 5.92 Å². The minimum Gasteiger partial charge on any atom is -0.309 e. The van der Waals surface area contributed by atoms with Crippen LogP contribution in [-0.2, 0) is 0 Å². The van der Waals surface area contributed by atoms with E-state index in [0.717, 1.165) is 5.92 Å². The van der Waals surface area contributed by atoms with Gasteiger partial charge in [0.15, 0.2) is 0 Å². The minimum absolute atomic E-state index is 0.585. The van der Waals surface area contributed by atoms with Crippen LogP contribution in [0.3, 0.4) is 0 Å². The molecule has 1 atom stereocenters. The molecular formula is C14H23NS. The highest BCUT2D eigenvalue weighted by atomic mass is 32.1. The van der Waals surface area contributed by atoms with Crippen molar-refractivity contribution in [1.82, 2.24) is 5.32 Å². The van der Waals surface area contributed by atoms with Crippen molar-refractivity contribution in [3.8, 4) is 0 Å². The van der Waals surface area contributed by atoms with Crippen molar-refractivity contribution in [1.29, 1.82) is 0 Å². The third-order valence-corrected chi connectivity index (χ3v) is 4.70. The van der Waals surface area contributed by atoms with Gasteiger partial charge in [-0.3, -0.25) is 0 Å². The fraction of sp³-hybridized carbons (Fsp3) is 0.714. The maximum atomic E-state index is 3.71. The first kappa shape index (κ1) is 12.1. The summed E-state index contributed by atoms with van der Waals surface area (Å²) in [4.78, 5) is 1.49. The van der Waals surface area contributed by atoms with E-state index in [2.05, 4.69) is 29.8 Å². The van der Waals surface area contributed by atoms with Gasteiger partial charge in [-0.25, -0.2) is 0 Å². The molecule has 0 amide bonds. The van der Waals surface area contributed by atoms with Crippen LogP contribution in [0.15, 0.2) is 17.5 Å². The minimum atomic E-state index is 0.585. The summed E-state index contributed by atoms with van der Waals surface area (Å²) in [6.45, 7) is 3.47. The van der Waals surface area contributed by atoms with E-state index in [9.17, 15) is 0 Å². The third-order valence-electron chi connectivity index (χ3n) is 3.71. The van der Waals surface area contributed by atoms with E-state index in [1.54, 1.807) is 0 Å². The van der Waals surface area contributed by atoms with Crippen LogP contribution < -0.4 is 5.32 Å². The Bertz CT molecular complexity index is 275. The fourth-order valence-electron chi connectivity index (χ4n) is 2.70. The lowest BCUT2D eigenvalue weighted by Crippen LogP contribution is -2.22. The van der Waals surface area contributed by atoms with Crippen molar-refractivity contribution in [2.45, 2.75) is 51.5 Å². The zero-order chi connectivity index (χ0) is 11.2. The van der Waals surface area contributed by atoms with Gasteiger partial charge in [0.2, 0.25) is 0 Å². The van der Waals surface area contributed by atoms with Crippen molar-refractivity contribution >= 4 is 11.3 Å². The molecule has 0 radical (unpaired) electrons. The van der Waals surface area contributed by atoms with Crippen molar-refractivity contribution < 1.29 is 0 Å². The molecule has 1 fully saturated rings. The molecule has 1 aliphatic carbocycles. The van der Waals surface area contributed by atoms with Crippen molar-refractivity contribution in [2.24, 2.45) is 5.92 Å². The molecule has 1 aromatic heterocycles. The Morgan fingerprint density at radius 2 is 2.25 bits per heavy atom. The van der Waals surface area contributed by atoms with Crippen LogP contribution >= 0.6 is 11.3 Å². The number of rotatable bonds is 6. The summed E-state index contributed by atoms with van der Waals surface area (Å²) in [6.07, 6.45) is 8.45. The van der Waals surface area contributed by atoms with Gasteiger partial charge in [0.1, 0.15) is 0 Å². The fourth-order valence-corrected chi connectivity index (χ4v) is 3.58. The molecule has 1 aromatic rings. The second-order valence-electron chi connectivity index (χ2n) is 4.87. The van der Waals surface area contributed by atoms with E-state index in [4.69, 9.17) is 0 Å². The number of thiophene rings is 1. The Morgan fingerprint density at radius 1 is 1.44 bits per heavy atom. The first-order valence-electron chi connectivity index (χ1n) is 6.67. The lowest BCUT2D eigenvalue weighted by atomic mass is 10.0. The lowest BCUT2D eigenvalue weighted by molar-refractivity contribution is 0.441. The molecule has 1 heterocycles. The van der Waals surface area contributed by atoms with Gasteiger partial charge in [0.25, 0.3) is 0 Å². The van der Waals surface area contributed by atoms with Crippen LogP contribution in [0.25, 0.3) is 0 Å². The smallest absolute Gasteiger partial charge is 0.0412 e. The Labute approximate surface area is 103 Å². The average molecular weight is 237 g/mol. The summed E-state index contributed by atoms with van der Waals surface area (Å²) in [5.41, 5.74) is 0. The standard InChI is InChI=1S/C14H23NS/c1-2-13(14-8-5-11-16-14)15-10-9-12-6-3-4-7-12/h5,8,11-13,15H,2-4,6-7,9-10H2,1H3. The lowest BCUT2D eigenvalue weighted by Gasteiger charge is -2.17. The Kier molecular flexibility index (Phi) is 4.86. The van der Waals surface area contributed by atoms with Crippen LogP contribution in [-0.4, -0.2) is 6.54 Å². The van der Waals surface area contributed by atoms with Crippen molar-refractivity contribution in [2.75, 3.05) is 6.54 Å². The van der Waals surface area contributed by atoms with Crippen molar-refractivity contribution in [3.05, 3.63) is 22.4 Å². The maximum Gasteiger partial charge on any atom is 0.0412 e. The van der Waals surface area contributed by atoms with Crippen LogP contribution in [0.4, 0.5) is 0 Å². The van der Waals surface area contributed by atoms with E-state index in [1.165, 1.54) is 49.9 Å². The van der Waals surface area contributed by atoms with E-state index in [-0.39, 0.29) is 0 Å². The number of hydrogen-bond acceptors (Lipinski definition) is 2. The second-order valence-corrected chi connectivity index (χ2v) is 5.85. The molecule has 0 aliphatic heterocycles. The molecule has 2 heteroatoms. The molecule has 1 N–H and O–H groups in total. The summed E-state index contributed by atoms with van der Waals surface area (Å²) in [7, 11) is 0. The van der Waals surface area contributed by atoms with Crippen LogP contribution in [0.1, 0.15) is 56.4 Å². The summed E-state index contributed by atoms with van der Waals surface area (Å²) in [5, 5.41) is 5.89. The summed E-state index contributed by atoms with van der Waals surface area (Å²) in [5.74, 6) is 1.01. The quantitative estimate of drug-likeness (QED) is 0.774. The topological polar surface area (TPSA) is 12.0 Å². The molecule has 0 spiro atoms. The van der Waals surface area contributed by atoms with Gasteiger partial charge in [0.05, 0.1) is 0 Å². The van der Waals surface area contributed by atoms with E-state index in [1.807, 2.05) is 11.3 Å². The van der Waals surface area contributed by atoms with E-state index in [0.29, 0.717) is 6.04 Å². The second kappa shape index (κ2) is 6.41. The van der Waals surface area contributed by atoms with Gasteiger partial charge in [-0.15, -0.1) is 11.3 Å². The SMILES string of the molecule is CCC(NCCC1CCCC1)c1cccs1. The van der Waals surface area contributed by atoms with Gasteiger partial charge in [0, 0.05) is 10.9 Å². The summed E-state index contributed by atoms with van der Waals surface area (Å²) >= 11 is 1.88. The third kappa shape index (κ3) is 3.33. The van der Waals surface area contributed by atoms with Gasteiger partial charge in [-0.05, 0) is 36.8 Å². The zero-order valence-corrected chi connectivity index (χ0v) is 11.1. The van der Waals surface area contributed by atoms with Gasteiger partial charge in [-0.2, -0.15) is 0 Å². The molecule has 1 saturated carbocycles. The molecule has 1 unspecified atom stereocenters. The number of hydrogen-bond donors (Lipinski definition) is 1. The molecule has 1 aliphatic rings. The first-order valence-corrected chi connectivity index (χ1v) is 7.55. The largest absolute Gasteiger partial charge is 0.309 e. The number of nitrogens with one attached hydrogen (secondary N) is 1. The predicted octanol–water partition coefficient (Wildman–Crippen LogP) is 4.37. The summed E-state index contributed by atoms with van der Waals surface area (Å²) in [6, 6.07) is 4.99. The zero-order valence-electron chi connectivity index (χ0n) is 10.2. The van der Waals surface area contributed by atoms with Gasteiger partial charge in [-0.1, -0.05) is 38.7 Å². The highest BCUT2D eigenvalue weighted by Crippen LogP contribution is 2.27. The van der Waals surface area contributed by atoms with Gasteiger partial charge < -0.3 is 5.32 Å². The average Bonchev–Trinajstić information content (AvgIpc) is 2.96. The molecule has 1 nitrogen and oxygen atoms in total. The molecule has 0 bridgehead atoms. The Balaban J connectivity index is 1.71. The van der Waals surface area contributed by atoms with E-state index >= 15 is 0 Å². The molecular weight excluding hydrogens is 214 g/mol. The highest BCUT2D eigenvalue weighted by Gasteiger charge is 2.15. The molecule has 0 saturated heterocycles. The Morgan fingerprint density at radius 3 is 2.88 bits per heavy atom. The monoisotopic (exact) mass is 237 g/mol. The van der Waals surface area contributed by atoms with Crippen molar-refractivity contribution in [3.63, 3.8) is 0 Å². The first-order chi connectivity index (χ1) is 7.90. The van der Waals surface area contributed by atoms with Crippen LogP contribution in [0.5, 0.6) is 0 Å². The van der Waals surface area contributed by atoms with Gasteiger partial charge >= 0.3 is 0 Å². The molecule has 2 rings (SSSR count). The van der Waals surface area contributed by atoms with Crippen LogP contribution in [0.2, 0.25) is 0 Å². The molecule has 0 aromatic carbocycles. The molecule has 90 valence electrons. The normalized spacial score (nSPS) is 19.1. The highest BCUT2D eigenvalue weighted by molar-refractivity contribution is 7.10. The predicted molar refractivity (Wildman–Crippen MR) is 71.9 cm³/mol.